The molecule has 2 rings (SSSR count). The van der Waals surface area contributed by atoms with Crippen LogP contribution in [0.15, 0.2) is 6.07 Å². The summed E-state index contributed by atoms with van der Waals surface area (Å²) in [5.41, 5.74) is 1.07. The third-order valence-corrected chi connectivity index (χ3v) is 4.27. The molecule has 0 radical (unpaired) electrons. The lowest BCUT2D eigenvalue weighted by Gasteiger charge is -2.36. The Kier molecular flexibility index (Phi) is 5.21. The fraction of sp³-hybridized carbons (Fsp3) is 0.750. The largest absolute Gasteiger partial charge is 0.357 e. The van der Waals surface area contributed by atoms with E-state index in [1.807, 2.05) is 0 Å². The highest BCUT2D eigenvalue weighted by Crippen LogP contribution is 2.25. The molecule has 0 spiro atoms. The van der Waals surface area contributed by atoms with Gasteiger partial charge in [0, 0.05) is 37.4 Å². The molecule has 1 aromatic rings. The van der Waals surface area contributed by atoms with Crippen molar-refractivity contribution in [3.63, 3.8) is 0 Å². The lowest BCUT2D eigenvalue weighted by atomic mass is 10.0. The summed E-state index contributed by atoms with van der Waals surface area (Å²) >= 11 is 0. The number of hydrogen-bond donors (Lipinski definition) is 0. The van der Waals surface area contributed by atoms with Crippen LogP contribution in [0.3, 0.4) is 0 Å². The van der Waals surface area contributed by atoms with Gasteiger partial charge in [0.1, 0.15) is 5.82 Å². The predicted molar refractivity (Wildman–Crippen MR) is 85.6 cm³/mol. The SMILES string of the molecule is CCC1CCCCN1c1nc(C)cc(N(CC)CC)n1. The molecule has 2 heterocycles. The fourth-order valence-corrected chi connectivity index (χ4v) is 3.06. The zero-order valence-electron chi connectivity index (χ0n) is 13.4. The van der Waals surface area contributed by atoms with Crippen LogP contribution in [-0.2, 0) is 0 Å². The maximum absolute atomic E-state index is 4.84. The maximum Gasteiger partial charge on any atom is 0.227 e. The molecule has 20 heavy (non-hydrogen) atoms. The Morgan fingerprint density at radius 3 is 2.60 bits per heavy atom. The van der Waals surface area contributed by atoms with E-state index in [2.05, 4.69) is 43.6 Å². The molecule has 4 nitrogen and oxygen atoms in total. The van der Waals surface area contributed by atoms with Gasteiger partial charge in [-0.3, -0.25) is 0 Å². The van der Waals surface area contributed by atoms with Crippen LogP contribution in [0, 0.1) is 6.92 Å². The van der Waals surface area contributed by atoms with Crippen molar-refractivity contribution in [3.05, 3.63) is 11.8 Å². The Hall–Kier alpha value is -1.32. The van der Waals surface area contributed by atoms with E-state index >= 15 is 0 Å². The van der Waals surface area contributed by atoms with Crippen molar-refractivity contribution in [1.82, 2.24) is 9.97 Å². The molecular weight excluding hydrogens is 248 g/mol. The summed E-state index contributed by atoms with van der Waals surface area (Å²) in [5, 5.41) is 0. The van der Waals surface area contributed by atoms with Crippen LogP contribution in [0.25, 0.3) is 0 Å². The molecule has 0 aromatic carbocycles. The number of nitrogens with zero attached hydrogens (tertiary/aromatic N) is 4. The van der Waals surface area contributed by atoms with Crippen LogP contribution >= 0.6 is 0 Å². The summed E-state index contributed by atoms with van der Waals surface area (Å²) in [4.78, 5) is 14.2. The van der Waals surface area contributed by atoms with Crippen LogP contribution in [-0.4, -0.2) is 35.6 Å². The van der Waals surface area contributed by atoms with Crippen molar-refractivity contribution in [3.8, 4) is 0 Å². The minimum Gasteiger partial charge on any atom is -0.357 e. The molecule has 0 saturated carbocycles. The van der Waals surface area contributed by atoms with Crippen molar-refractivity contribution in [2.24, 2.45) is 0 Å². The van der Waals surface area contributed by atoms with Crippen molar-refractivity contribution < 1.29 is 0 Å². The van der Waals surface area contributed by atoms with Crippen molar-refractivity contribution in [2.45, 2.75) is 59.4 Å². The van der Waals surface area contributed by atoms with Crippen molar-refractivity contribution >= 4 is 11.8 Å². The molecule has 1 aliphatic heterocycles. The van der Waals surface area contributed by atoms with E-state index < -0.39 is 0 Å². The molecule has 1 aliphatic rings. The van der Waals surface area contributed by atoms with Gasteiger partial charge in [-0.05, 0) is 46.5 Å². The number of anilines is 2. The molecule has 112 valence electrons. The second-order valence-corrected chi connectivity index (χ2v) is 5.59. The molecule has 4 heteroatoms. The van der Waals surface area contributed by atoms with Crippen molar-refractivity contribution in [2.75, 3.05) is 29.4 Å². The lowest BCUT2D eigenvalue weighted by molar-refractivity contribution is 0.443. The molecule has 1 fully saturated rings. The zero-order chi connectivity index (χ0) is 14.5. The monoisotopic (exact) mass is 276 g/mol. The highest BCUT2D eigenvalue weighted by Gasteiger charge is 2.24. The number of aromatic nitrogens is 2. The van der Waals surface area contributed by atoms with Crippen LogP contribution in [0.5, 0.6) is 0 Å². The first-order valence-electron chi connectivity index (χ1n) is 8.06. The quantitative estimate of drug-likeness (QED) is 0.825. The first-order valence-corrected chi connectivity index (χ1v) is 8.06. The molecule has 0 amide bonds. The molecular formula is C16H28N4. The summed E-state index contributed by atoms with van der Waals surface area (Å²) in [5.74, 6) is 2.00. The van der Waals surface area contributed by atoms with Crippen LogP contribution in [0.1, 0.15) is 52.1 Å². The van der Waals surface area contributed by atoms with Gasteiger partial charge in [0.2, 0.25) is 5.95 Å². The van der Waals surface area contributed by atoms with Crippen LogP contribution in [0.2, 0.25) is 0 Å². The maximum atomic E-state index is 4.84. The second kappa shape index (κ2) is 6.91. The van der Waals surface area contributed by atoms with E-state index in [0.29, 0.717) is 6.04 Å². The van der Waals surface area contributed by atoms with E-state index in [0.717, 1.165) is 37.1 Å². The highest BCUT2D eigenvalue weighted by atomic mass is 15.3. The topological polar surface area (TPSA) is 32.3 Å². The third-order valence-electron chi connectivity index (χ3n) is 4.27. The van der Waals surface area contributed by atoms with Gasteiger partial charge in [-0.25, -0.2) is 4.98 Å². The van der Waals surface area contributed by atoms with Gasteiger partial charge in [0.15, 0.2) is 0 Å². The first-order chi connectivity index (χ1) is 9.69. The summed E-state index contributed by atoms with van der Waals surface area (Å²) in [6, 6.07) is 2.71. The number of hydrogen-bond acceptors (Lipinski definition) is 4. The van der Waals surface area contributed by atoms with E-state index in [-0.39, 0.29) is 0 Å². The predicted octanol–water partition coefficient (Wildman–Crippen LogP) is 3.40. The zero-order valence-corrected chi connectivity index (χ0v) is 13.4. The second-order valence-electron chi connectivity index (χ2n) is 5.59. The first kappa shape index (κ1) is 15.1. The van der Waals surface area contributed by atoms with E-state index in [9.17, 15) is 0 Å². The van der Waals surface area contributed by atoms with Gasteiger partial charge >= 0.3 is 0 Å². The number of aryl methyl sites for hydroxylation is 1. The van der Waals surface area contributed by atoms with Gasteiger partial charge in [0.25, 0.3) is 0 Å². The standard InChI is InChI=1S/C16H28N4/c1-5-14-10-8-9-11-20(14)16-17-13(4)12-15(18-16)19(6-2)7-3/h12,14H,5-11H2,1-4H3. The summed E-state index contributed by atoms with van der Waals surface area (Å²) in [6.45, 7) is 11.8. The van der Waals surface area contributed by atoms with E-state index in [1.165, 1.54) is 25.7 Å². The van der Waals surface area contributed by atoms with Gasteiger partial charge in [-0.15, -0.1) is 0 Å². The Bertz CT molecular complexity index is 428. The average molecular weight is 276 g/mol. The molecule has 1 atom stereocenters. The van der Waals surface area contributed by atoms with Crippen LogP contribution < -0.4 is 9.80 Å². The molecule has 0 aliphatic carbocycles. The minimum absolute atomic E-state index is 0.607. The Labute approximate surface area is 123 Å². The molecule has 1 saturated heterocycles. The molecule has 1 unspecified atom stereocenters. The summed E-state index contributed by atoms with van der Waals surface area (Å²) in [7, 11) is 0. The van der Waals surface area contributed by atoms with E-state index in [1.54, 1.807) is 0 Å². The van der Waals surface area contributed by atoms with Gasteiger partial charge in [-0.1, -0.05) is 6.92 Å². The third kappa shape index (κ3) is 3.22. The minimum atomic E-state index is 0.607. The summed E-state index contributed by atoms with van der Waals surface area (Å²) < 4.78 is 0. The molecule has 1 aromatic heterocycles. The van der Waals surface area contributed by atoms with E-state index in [4.69, 9.17) is 9.97 Å². The molecule has 0 bridgehead atoms. The fourth-order valence-electron chi connectivity index (χ4n) is 3.06. The summed E-state index contributed by atoms with van der Waals surface area (Å²) in [6.07, 6.45) is 5.05. The highest BCUT2D eigenvalue weighted by molar-refractivity contribution is 5.46. The lowest BCUT2D eigenvalue weighted by Crippen LogP contribution is -2.40. The number of rotatable bonds is 5. The Morgan fingerprint density at radius 2 is 1.95 bits per heavy atom. The van der Waals surface area contributed by atoms with Gasteiger partial charge in [-0.2, -0.15) is 4.98 Å². The smallest absolute Gasteiger partial charge is 0.227 e. The van der Waals surface area contributed by atoms with Gasteiger partial charge in [0.05, 0.1) is 0 Å². The molecule has 0 N–H and O–H groups in total. The average Bonchev–Trinajstić information content (AvgIpc) is 2.48. The van der Waals surface area contributed by atoms with Gasteiger partial charge < -0.3 is 9.80 Å². The van der Waals surface area contributed by atoms with Crippen molar-refractivity contribution in [1.29, 1.82) is 0 Å². The Morgan fingerprint density at radius 1 is 1.20 bits per heavy atom. The Balaban J connectivity index is 2.30. The van der Waals surface area contributed by atoms with Crippen LogP contribution in [0.4, 0.5) is 11.8 Å². The normalized spacial score (nSPS) is 19.2. The number of piperidine rings is 1.